The van der Waals surface area contributed by atoms with Crippen molar-refractivity contribution in [3.05, 3.63) is 28.5 Å². The third kappa shape index (κ3) is 2.07. The number of aromatic nitrogens is 1. The molecule has 0 aromatic carbocycles. The molecule has 1 fully saturated rings. The first-order chi connectivity index (χ1) is 6.38. The van der Waals surface area contributed by atoms with E-state index in [4.69, 9.17) is 0 Å². The Morgan fingerprint density at radius 2 is 2.38 bits per heavy atom. The van der Waals surface area contributed by atoms with E-state index in [2.05, 4.69) is 37.6 Å². The predicted octanol–water partition coefficient (Wildman–Crippen LogP) is 1.08. The van der Waals surface area contributed by atoms with Crippen LogP contribution < -0.4 is 10.6 Å². The quantitative estimate of drug-likeness (QED) is 0.723. The highest BCUT2D eigenvalue weighted by molar-refractivity contribution is 9.10. The molecule has 1 aromatic rings. The molecule has 0 amide bonds. The van der Waals surface area contributed by atoms with Gasteiger partial charge in [0, 0.05) is 37.4 Å². The van der Waals surface area contributed by atoms with Gasteiger partial charge in [-0.15, -0.1) is 0 Å². The Kier molecular flexibility index (Phi) is 2.93. The van der Waals surface area contributed by atoms with Crippen LogP contribution in [-0.4, -0.2) is 24.6 Å². The topological polar surface area (TPSA) is 37.0 Å². The van der Waals surface area contributed by atoms with Crippen molar-refractivity contribution in [1.29, 1.82) is 0 Å². The molecule has 0 radical (unpaired) electrons. The molecule has 2 heterocycles. The summed E-state index contributed by atoms with van der Waals surface area (Å²) in [5.41, 5.74) is 1.23. The number of pyridine rings is 1. The third-order valence-electron chi connectivity index (χ3n) is 2.20. The molecule has 2 rings (SSSR count). The van der Waals surface area contributed by atoms with E-state index < -0.39 is 0 Å². The predicted molar refractivity (Wildman–Crippen MR) is 55.6 cm³/mol. The van der Waals surface area contributed by atoms with Crippen LogP contribution >= 0.6 is 15.9 Å². The summed E-state index contributed by atoms with van der Waals surface area (Å²) in [6.45, 7) is 3.05. The molecular weight excluding hydrogens is 230 g/mol. The molecule has 0 bridgehead atoms. The molecule has 4 heteroatoms. The van der Waals surface area contributed by atoms with Crippen LogP contribution in [0.3, 0.4) is 0 Å². The van der Waals surface area contributed by atoms with Gasteiger partial charge in [-0.05, 0) is 22.0 Å². The van der Waals surface area contributed by atoms with E-state index in [0.717, 1.165) is 24.2 Å². The lowest BCUT2D eigenvalue weighted by Crippen LogP contribution is -2.42. The first-order valence-electron chi connectivity index (χ1n) is 4.42. The lowest BCUT2D eigenvalue weighted by molar-refractivity contribution is 0.428. The van der Waals surface area contributed by atoms with Gasteiger partial charge in [0.2, 0.25) is 0 Å². The molecule has 70 valence electrons. The zero-order valence-corrected chi connectivity index (χ0v) is 8.84. The van der Waals surface area contributed by atoms with E-state index in [1.807, 2.05) is 6.07 Å². The second-order valence-corrected chi connectivity index (χ2v) is 3.85. The molecule has 2 N–H and O–H groups in total. The van der Waals surface area contributed by atoms with Gasteiger partial charge in [0.25, 0.3) is 0 Å². The third-order valence-corrected chi connectivity index (χ3v) is 2.87. The fourth-order valence-corrected chi connectivity index (χ4v) is 2.06. The molecule has 3 nitrogen and oxygen atoms in total. The lowest BCUT2D eigenvalue weighted by atomic mass is 10.1. The normalized spacial score (nSPS) is 23.0. The van der Waals surface area contributed by atoms with Crippen molar-refractivity contribution in [3.63, 3.8) is 0 Å². The maximum absolute atomic E-state index is 4.20. The minimum absolute atomic E-state index is 0.386. The number of rotatable bonds is 1. The summed E-state index contributed by atoms with van der Waals surface area (Å²) in [6.07, 6.45) is 1.80. The summed E-state index contributed by atoms with van der Waals surface area (Å²) < 4.78 is 0.941. The average molecular weight is 242 g/mol. The molecule has 1 saturated heterocycles. The molecule has 1 aliphatic heterocycles. The Bertz CT molecular complexity index is 284. The van der Waals surface area contributed by atoms with Crippen LogP contribution in [0.4, 0.5) is 0 Å². The summed E-state index contributed by atoms with van der Waals surface area (Å²) in [5, 5.41) is 6.79. The van der Waals surface area contributed by atoms with Crippen molar-refractivity contribution in [2.75, 3.05) is 19.6 Å². The van der Waals surface area contributed by atoms with Crippen LogP contribution in [0, 0.1) is 0 Å². The molecule has 0 spiro atoms. The van der Waals surface area contributed by atoms with Gasteiger partial charge in [0.15, 0.2) is 0 Å². The Labute approximate surface area is 86.1 Å². The number of nitrogens with one attached hydrogen (secondary N) is 2. The van der Waals surface area contributed by atoms with E-state index in [-0.39, 0.29) is 0 Å². The Morgan fingerprint density at radius 3 is 3.08 bits per heavy atom. The highest BCUT2D eigenvalue weighted by Gasteiger charge is 2.16. The highest BCUT2D eigenvalue weighted by atomic mass is 79.9. The van der Waals surface area contributed by atoms with E-state index >= 15 is 0 Å². The van der Waals surface area contributed by atoms with Gasteiger partial charge in [-0.2, -0.15) is 0 Å². The SMILES string of the molecule is Brc1ncccc1C1CNCCN1. The van der Waals surface area contributed by atoms with Crippen molar-refractivity contribution in [2.24, 2.45) is 0 Å². The van der Waals surface area contributed by atoms with Crippen LogP contribution in [0.5, 0.6) is 0 Å². The highest BCUT2D eigenvalue weighted by Crippen LogP contribution is 2.20. The van der Waals surface area contributed by atoms with Gasteiger partial charge >= 0.3 is 0 Å². The maximum Gasteiger partial charge on any atom is 0.110 e. The van der Waals surface area contributed by atoms with E-state index in [1.54, 1.807) is 6.20 Å². The van der Waals surface area contributed by atoms with Crippen molar-refractivity contribution in [1.82, 2.24) is 15.6 Å². The van der Waals surface area contributed by atoms with Gasteiger partial charge < -0.3 is 10.6 Å². The number of halogens is 1. The molecule has 0 saturated carbocycles. The van der Waals surface area contributed by atoms with Crippen molar-refractivity contribution < 1.29 is 0 Å². The van der Waals surface area contributed by atoms with Crippen LogP contribution in [0.1, 0.15) is 11.6 Å². The summed E-state index contributed by atoms with van der Waals surface area (Å²) in [5.74, 6) is 0. The van der Waals surface area contributed by atoms with E-state index in [0.29, 0.717) is 6.04 Å². The number of piperazine rings is 1. The molecular formula is C9H12BrN3. The smallest absolute Gasteiger partial charge is 0.110 e. The first kappa shape index (κ1) is 9.12. The van der Waals surface area contributed by atoms with Gasteiger partial charge in [0.05, 0.1) is 0 Å². The zero-order valence-electron chi connectivity index (χ0n) is 7.26. The zero-order chi connectivity index (χ0) is 9.10. The molecule has 1 unspecified atom stereocenters. The van der Waals surface area contributed by atoms with Crippen molar-refractivity contribution >= 4 is 15.9 Å². The Hall–Kier alpha value is -0.450. The van der Waals surface area contributed by atoms with E-state index in [1.165, 1.54) is 5.56 Å². The van der Waals surface area contributed by atoms with Gasteiger partial charge in [-0.25, -0.2) is 4.98 Å². The molecule has 0 aliphatic carbocycles. The standard InChI is InChI=1S/C9H12BrN3/c10-9-7(2-1-3-13-9)8-6-11-4-5-12-8/h1-3,8,11-12H,4-6H2. The van der Waals surface area contributed by atoms with Gasteiger partial charge in [0.1, 0.15) is 4.60 Å². The summed E-state index contributed by atoms with van der Waals surface area (Å²) in [7, 11) is 0. The minimum Gasteiger partial charge on any atom is -0.314 e. The number of hydrogen-bond donors (Lipinski definition) is 2. The molecule has 1 aliphatic rings. The molecule has 1 atom stereocenters. The second kappa shape index (κ2) is 4.17. The number of nitrogens with zero attached hydrogens (tertiary/aromatic N) is 1. The van der Waals surface area contributed by atoms with Crippen LogP contribution in [0.25, 0.3) is 0 Å². The average Bonchev–Trinajstić information content (AvgIpc) is 2.20. The van der Waals surface area contributed by atoms with Gasteiger partial charge in [-0.1, -0.05) is 6.07 Å². The van der Waals surface area contributed by atoms with Crippen LogP contribution in [0.15, 0.2) is 22.9 Å². The van der Waals surface area contributed by atoms with E-state index in [9.17, 15) is 0 Å². The fourth-order valence-electron chi connectivity index (χ4n) is 1.53. The molecule has 1 aromatic heterocycles. The largest absolute Gasteiger partial charge is 0.314 e. The fraction of sp³-hybridized carbons (Fsp3) is 0.444. The second-order valence-electron chi connectivity index (χ2n) is 3.09. The summed E-state index contributed by atoms with van der Waals surface area (Å²) >= 11 is 3.45. The monoisotopic (exact) mass is 241 g/mol. The number of hydrogen-bond acceptors (Lipinski definition) is 3. The Morgan fingerprint density at radius 1 is 1.46 bits per heavy atom. The first-order valence-corrected chi connectivity index (χ1v) is 5.22. The summed E-state index contributed by atoms with van der Waals surface area (Å²) in [4.78, 5) is 4.20. The van der Waals surface area contributed by atoms with Gasteiger partial charge in [-0.3, -0.25) is 0 Å². The minimum atomic E-state index is 0.386. The maximum atomic E-state index is 4.20. The molecule has 13 heavy (non-hydrogen) atoms. The van der Waals surface area contributed by atoms with Crippen molar-refractivity contribution in [2.45, 2.75) is 6.04 Å². The van der Waals surface area contributed by atoms with Crippen LogP contribution in [-0.2, 0) is 0 Å². The van der Waals surface area contributed by atoms with Crippen LogP contribution in [0.2, 0.25) is 0 Å². The Balaban J connectivity index is 2.18. The van der Waals surface area contributed by atoms with Crippen molar-refractivity contribution in [3.8, 4) is 0 Å². The lowest BCUT2D eigenvalue weighted by Gasteiger charge is -2.25. The summed E-state index contributed by atoms with van der Waals surface area (Å²) in [6, 6.07) is 4.45.